The number of sulfonamides is 1. The first kappa shape index (κ1) is 19.5. The van der Waals surface area contributed by atoms with Crippen LogP contribution >= 0.6 is 11.3 Å². The van der Waals surface area contributed by atoms with Gasteiger partial charge in [0.1, 0.15) is 4.21 Å². The number of rotatable bonds is 5. The van der Waals surface area contributed by atoms with Crippen molar-refractivity contribution in [3.05, 3.63) is 34.0 Å². The van der Waals surface area contributed by atoms with Gasteiger partial charge in [-0.3, -0.25) is 9.58 Å². The molecule has 9 heteroatoms. The van der Waals surface area contributed by atoms with Crippen LogP contribution in [0.2, 0.25) is 0 Å². The van der Waals surface area contributed by atoms with Gasteiger partial charge in [0.25, 0.3) is 10.0 Å². The van der Waals surface area contributed by atoms with Gasteiger partial charge in [-0.2, -0.15) is 5.10 Å². The van der Waals surface area contributed by atoms with Crippen LogP contribution in [-0.4, -0.2) is 68.3 Å². The predicted molar refractivity (Wildman–Crippen MR) is 102 cm³/mol. The van der Waals surface area contributed by atoms with Crippen LogP contribution in [0.5, 0.6) is 0 Å². The molecule has 26 heavy (non-hydrogen) atoms. The molecule has 2 aromatic rings. The van der Waals surface area contributed by atoms with Crippen molar-refractivity contribution < 1.29 is 13.2 Å². The summed E-state index contributed by atoms with van der Waals surface area (Å²) in [6.45, 7) is 7.01. The second-order valence-corrected chi connectivity index (χ2v) is 10.4. The highest BCUT2D eigenvalue weighted by Crippen LogP contribution is 2.30. The Morgan fingerprint density at radius 3 is 2.73 bits per heavy atom. The molecule has 2 aromatic heterocycles. The standard InChI is InChI=1S/C17H26N4O3S2/c1-12-17(15-11-24-9-8-20(15)5)13(2)21(18-12)10-14-6-7-16(25-14)26(22,23)19(3)4/h6-7,15H,8-11H2,1-5H3. The molecule has 0 bridgehead atoms. The first-order valence-electron chi connectivity index (χ1n) is 8.55. The highest BCUT2D eigenvalue weighted by Gasteiger charge is 2.27. The highest BCUT2D eigenvalue weighted by atomic mass is 32.2. The molecule has 0 radical (unpaired) electrons. The number of hydrogen-bond donors (Lipinski definition) is 0. The summed E-state index contributed by atoms with van der Waals surface area (Å²) in [6.07, 6.45) is 0. The van der Waals surface area contributed by atoms with Gasteiger partial charge in [-0.15, -0.1) is 11.3 Å². The van der Waals surface area contributed by atoms with Crippen LogP contribution in [0.15, 0.2) is 16.3 Å². The van der Waals surface area contributed by atoms with E-state index in [1.54, 1.807) is 20.2 Å². The summed E-state index contributed by atoms with van der Waals surface area (Å²) in [7, 11) is 1.82. The molecule has 0 N–H and O–H groups in total. The monoisotopic (exact) mass is 398 g/mol. The van der Waals surface area contributed by atoms with Crippen LogP contribution in [0.4, 0.5) is 0 Å². The molecule has 0 aliphatic carbocycles. The van der Waals surface area contributed by atoms with E-state index in [1.165, 1.54) is 21.2 Å². The van der Waals surface area contributed by atoms with Crippen LogP contribution in [-0.2, 0) is 21.3 Å². The van der Waals surface area contributed by atoms with Crippen molar-refractivity contribution in [3.63, 3.8) is 0 Å². The van der Waals surface area contributed by atoms with Crippen molar-refractivity contribution >= 4 is 21.4 Å². The third-order valence-electron chi connectivity index (χ3n) is 4.84. The van der Waals surface area contributed by atoms with E-state index in [1.807, 2.05) is 17.7 Å². The zero-order chi connectivity index (χ0) is 19.1. The molecule has 1 aliphatic heterocycles. The fourth-order valence-electron chi connectivity index (χ4n) is 3.25. The molecule has 0 saturated carbocycles. The molecule has 3 rings (SSSR count). The van der Waals surface area contributed by atoms with Crippen LogP contribution in [0.1, 0.15) is 27.9 Å². The van der Waals surface area contributed by atoms with Crippen molar-refractivity contribution in [3.8, 4) is 0 Å². The van der Waals surface area contributed by atoms with E-state index in [2.05, 4.69) is 18.9 Å². The maximum absolute atomic E-state index is 12.3. The summed E-state index contributed by atoms with van der Waals surface area (Å²) < 4.78 is 33.7. The molecule has 0 aromatic carbocycles. The Bertz CT molecular complexity index is 886. The van der Waals surface area contributed by atoms with Crippen LogP contribution < -0.4 is 0 Å². The van der Waals surface area contributed by atoms with Gasteiger partial charge >= 0.3 is 0 Å². The first-order chi connectivity index (χ1) is 12.2. The topological polar surface area (TPSA) is 67.7 Å². The molecule has 1 unspecified atom stereocenters. The van der Waals surface area contributed by atoms with Crippen molar-refractivity contribution in [2.24, 2.45) is 0 Å². The summed E-state index contributed by atoms with van der Waals surface area (Å²) in [5.41, 5.74) is 3.32. The second-order valence-electron chi connectivity index (χ2n) is 6.82. The molecule has 1 aliphatic rings. The molecular weight excluding hydrogens is 372 g/mol. The number of nitrogens with zero attached hydrogens (tertiary/aromatic N) is 4. The maximum atomic E-state index is 12.3. The van der Waals surface area contributed by atoms with E-state index in [0.717, 1.165) is 29.4 Å². The minimum atomic E-state index is -3.39. The van der Waals surface area contributed by atoms with Gasteiger partial charge in [-0.05, 0) is 33.0 Å². The number of aromatic nitrogens is 2. The van der Waals surface area contributed by atoms with E-state index < -0.39 is 10.0 Å². The summed E-state index contributed by atoms with van der Waals surface area (Å²) in [5, 5.41) is 4.70. The number of ether oxygens (including phenoxy) is 1. The number of thiophene rings is 1. The normalized spacial score (nSPS) is 19.4. The zero-order valence-electron chi connectivity index (χ0n) is 15.9. The van der Waals surface area contributed by atoms with E-state index >= 15 is 0 Å². The largest absolute Gasteiger partial charge is 0.378 e. The van der Waals surface area contributed by atoms with E-state index in [9.17, 15) is 8.42 Å². The number of hydrogen-bond acceptors (Lipinski definition) is 6. The lowest BCUT2D eigenvalue weighted by Crippen LogP contribution is -2.37. The fourth-order valence-corrected chi connectivity index (χ4v) is 5.75. The predicted octanol–water partition coefficient (Wildman–Crippen LogP) is 1.86. The highest BCUT2D eigenvalue weighted by molar-refractivity contribution is 7.91. The lowest BCUT2D eigenvalue weighted by molar-refractivity contribution is 0.00457. The number of morpholine rings is 1. The van der Waals surface area contributed by atoms with E-state index in [0.29, 0.717) is 17.4 Å². The minimum Gasteiger partial charge on any atom is -0.378 e. The summed E-state index contributed by atoms with van der Waals surface area (Å²) in [4.78, 5) is 3.27. The number of aryl methyl sites for hydroxylation is 1. The summed E-state index contributed by atoms with van der Waals surface area (Å²) in [5.74, 6) is 0. The Labute approximate surface area is 159 Å². The Morgan fingerprint density at radius 1 is 1.35 bits per heavy atom. The molecule has 1 atom stereocenters. The van der Waals surface area contributed by atoms with E-state index in [4.69, 9.17) is 9.84 Å². The Hall–Kier alpha value is -1.26. The van der Waals surface area contributed by atoms with Gasteiger partial charge in [0.15, 0.2) is 0 Å². The fraction of sp³-hybridized carbons (Fsp3) is 0.588. The van der Waals surface area contributed by atoms with Gasteiger partial charge < -0.3 is 4.74 Å². The molecule has 7 nitrogen and oxygen atoms in total. The van der Waals surface area contributed by atoms with Crippen molar-refractivity contribution in [1.82, 2.24) is 19.0 Å². The molecule has 3 heterocycles. The van der Waals surface area contributed by atoms with Crippen LogP contribution in [0.25, 0.3) is 0 Å². The summed E-state index contributed by atoms with van der Waals surface area (Å²) in [6, 6.07) is 3.75. The molecule has 0 amide bonds. The van der Waals surface area contributed by atoms with Crippen molar-refractivity contribution in [1.29, 1.82) is 0 Å². The van der Waals surface area contributed by atoms with Crippen LogP contribution in [0.3, 0.4) is 0 Å². The third kappa shape index (κ3) is 3.59. The third-order valence-corrected chi connectivity index (χ3v) is 8.20. The van der Waals surface area contributed by atoms with Crippen molar-refractivity contribution in [2.45, 2.75) is 30.6 Å². The maximum Gasteiger partial charge on any atom is 0.252 e. The average Bonchev–Trinajstić information content (AvgIpc) is 3.15. The van der Waals surface area contributed by atoms with Gasteiger partial charge in [0.05, 0.1) is 31.5 Å². The van der Waals surface area contributed by atoms with Gasteiger partial charge in [0.2, 0.25) is 0 Å². The molecule has 1 saturated heterocycles. The molecular formula is C17H26N4O3S2. The smallest absolute Gasteiger partial charge is 0.252 e. The van der Waals surface area contributed by atoms with Gasteiger partial charge in [-0.1, -0.05) is 0 Å². The molecule has 0 spiro atoms. The lowest BCUT2D eigenvalue weighted by Gasteiger charge is -2.32. The average molecular weight is 399 g/mol. The zero-order valence-corrected chi connectivity index (χ0v) is 17.5. The Morgan fingerprint density at radius 2 is 2.08 bits per heavy atom. The Balaban J connectivity index is 1.86. The Kier molecular flexibility index (Phi) is 5.55. The van der Waals surface area contributed by atoms with E-state index in [-0.39, 0.29) is 6.04 Å². The van der Waals surface area contributed by atoms with Crippen molar-refractivity contribution in [2.75, 3.05) is 40.9 Å². The summed E-state index contributed by atoms with van der Waals surface area (Å²) >= 11 is 1.30. The van der Waals surface area contributed by atoms with Crippen LogP contribution in [0, 0.1) is 13.8 Å². The molecule has 144 valence electrons. The SMILES string of the molecule is Cc1nn(Cc2ccc(S(=O)(=O)N(C)C)s2)c(C)c1C1COCCN1C. The first-order valence-corrected chi connectivity index (χ1v) is 10.8. The minimum absolute atomic E-state index is 0.213. The van der Waals surface area contributed by atoms with Gasteiger partial charge in [-0.25, -0.2) is 12.7 Å². The lowest BCUT2D eigenvalue weighted by atomic mass is 10.0. The number of likely N-dealkylation sites (N-methyl/N-ethyl adjacent to an activating group) is 1. The van der Waals surface area contributed by atoms with Gasteiger partial charge in [0, 0.05) is 36.8 Å². The quantitative estimate of drug-likeness (QED) is 0.769. The molecule has 1 fully saturated rings. The second kappa shape index (κ2) is 7.40.